The highest BCUT2D eigenvalue weighted by molar-refractivity contribution is 5.53. The lowest BCUT2D eigenvalue weighted by Gasteiger charge is -2.15. The third-order valence-electron chi connectivity index (χ3n) is 2.18. The number of benzene rings is 1. The maximum absolute atomic E-state index is 8.92. The summed E-state index contributed by atoms with van der Waals surface area (Å²) in [6.45, 7) is 2.58. The Labute approximate surface area is 95.6 Å². The molecule has 0 amide bonds. The molecule has 0 aromatic heterocycles. The van der Waals surface area contributed by atoms with Crippen molar-refractivity contribution >= 4 is 5.69 Å². The van der Waals surface area contributed by atoms with Gasteiger partial charge in [0.05, 0.1) is 11.7 Å². The van der Waals surface area contributed by atoms with Crippen LogP contribution in [0.4, 0.5) is 5.69 Å². The zero-order valence-corrected chi connectivity index (χ0v) is 9.56. The topological polar surface area (TPSA) is 68.3 Å². The van der Waals surface area contributed by atoms with Crippen molar-refractivity contribution in [3.8, 4) is 11.8 Å². The maximum atomic E-state index is 8.92. The Morgan fingerprint density at radius 1 is 1.50 bits per heavy atom. The van der Waals surface area contributed by atoms with Gasteiger partial charge in [-0.2, -0.15) is 5.26 Å². The molecular weight excluding hydrogens is 204 g/mol. The first-order valence-electron chi connectivity index (χ1n) is 5.12. The van der Waals surface area contributed by atoms with Gasteiger partial charge in [-0.25, -0.2) is 0 Å². The molecule has 0 aliphatic rings. The number of anilines is 1. The summed E-state index contributed by atoms with van der Waals surface area (Å²) in [4.78, 5) is 0. The first-order valence-corrected chi connectivity index (χ1v) is 5.12. The predicted octanol–water partition coefficient (Wildman–Crippen LogP) is 1.94. The minimum absolute atomic E-state index is 0.00988. The van der Waals surface area contributed by atoms with E-state index in [1.54, 1.807) is 25.3 Å². The van der Waals surface area contributed by atoms with Crippen LogP contribution in [0.25, 0.3) is 0 Å². The fourth-order valence-corrected chi connectivity index (χ4v) is 1.30. The number of hydrogen-bond acceptors (Lipinski definition) is 4. The third kappa shape index (κ3) is 3.44. The largest absolute Gasteiger partial charge is 0.489 e. The molecule has 1 rings (SSSR count). The van der Waals surface area contributed by atoms with Gasteiger partial charge >= 0.3 is 0 Å². The van der Waals surface area contributed by atoms with E-state index < -0.39 is 0 Å². The van der Waals surface area contributed by atoms with Gasteiger partial charge < -0.3 is 15.2 Å². The lowest BCUT2D eigenvalue weighted by atomic mass is 10.2. The molecule has 1 aromatic rings. The summed E-state index contributed by atoms with van der Waals surface area (Å²) in [6.07, 6.45) is 0.793. The number of rotatable bonds is 5. The van der Waals surface area contributed by atoms with Crippen molar-refractivity contribution in [1.82, 2.24) is 0 Å². The fourth-order valence-electron chi connectivity index (χ4n) is 1.30. The Morgan fingerprint density at radius 3 is 2.88 bits per heavy atom. The zero-order chi connectivity index (χ0) is 12.0. The Morgan fingerprint density at radius 2 is 2.25 bits per heavy atom. The Bertz CT molecular complexity index is 385. The minimum Gasteiger partial charge on any atom is -0.489 e. The van der Waals surface area contributed by atoms with E-state index in [2.05, 4.69) is 6.07 Å². The van der Waals surface area contributed by atoms with Crippen LogP contribution in [0.2, 0.25) is 0 Å². The monoisotopic (exact) mass is 220 g/mol. The average molecular weight is 220 g/mol. The molecule has 0 radical (unpaired) electrons. The zero-order valence-electron chi connectivity index (χ0n) is 9.56. The number of nitriles is 1. The van der Waals surface area contributed by atoms with E-state index in [0.29, 0.717) is 23.6 Å². The van der Waals surface area contributed by atoms with Crippen LogP contribution in [-0.2, 0) is 4.74 Å². The van der Waals surface area contributed by atoms with Gasteiger partial charge in [-0.05, 0) is 25.1 Å². The number of ether oxygens (including phenoxy) is 2. The van der Waals surface area contributed by atoms with E-state index in [0.717, 1.165) is 6.42 Å². The van der Waals surface area contributed by atoms with Gasteiger partial charge in [-0.1, -0.05) is 0 Å². The summed E-state index contributed by atoms with van der Waals surface area (Å²) in [5.41, 5.74) is 6.61. The summed E-state index contributed by atoms with van der Waals surface area (Å²) < 4.78 is 10.6. The summed E-state index contributed by atoms with van der Waals surface area (Å²) in [5.74, 6) is 0.570. The van der Waals surface area contributed by atoms with Crippen molar-refractivity contribution < 1.29 is 9.47 Å². The molecule has 1 aromatic carbocycles. The van der Waals surface area contributed by atoms with Gasteiger partial charge in [-0.3, -0.25) is 0 Å². The molecule has 2 N–H and O–H groups in total. The lowest BCUT2D eigenvalue weighted by molar-refractivity contribution is 0.135. The second kappa shape index (κ2) is 5.99. The predicted molar refractivity (Wildman–Crippen MR) is 62.2 cm³/mol. The molecule has 16 heavy (non-hydrogen) atoms. The highest BCUT2D eigenvalue weighted by Crippen LogP contribution is 2.22. The van der Waals surface area contributed by atoms with E-state index in [1.807, 2.05) is 6.92 Å². The smallest absolute Gasteiger partial charge is 0.137 e. The number of methoxy groups -OCH3 is 1. The van der Waals surface area contributed by atoms with Crippen molar-refractivity contribution in [3.63, 3.8) is 0 Å². The van der Waals surface area contributed by atoms with Gasteiger partial charge in [-0.15, -0.1) is 0 Å². The Kier molecular flexibility index (Phi) is 4.62. The van der Waals surface area contributed by atoms with Gasteiger partial charge in [0.1, 0.15) is 11.8 Å². The number of nitrogens with zero attached hydrogens (tertiary/aromatic N) is 1. The van der Waals surface area contributed by atoms with Crippen LogP contribution in [0.5, 0.6) is 5.75 Å². The lowest BCUT2D eigenvalue weighted by Crippen LogP contribution is -2.14. The van der Waals surface area contributed by atoms with Crippen molar-refractivity contribution in [2.45, 2.75) is 19.4 Å². The number of hydrogen-bond donors (Lipinski definition) is 1. The SMILES string of the molecule is COCCC(C)Oc1ccc(N)cc1C#N. The van der Waals surface area contributed by atoms with Crippen LogP contribution < -0.4 is 10.5 Å². The highest BCUT2D eigenvalue weighted by atomic mass is 16.5. The van der Waals surface area contributed by atoms with Crippen molar-refractivity contribution in [3.05, 3.63) is 23.8 Å². The first kappa shape index (κ1) is 12.3. The molecule has 86 valence electrons. The van der Waals surface area contributed by atoms with Crippen molar-refractivity contribution in [2.24, 2.45) is 0 Å². The maximum Gasteiger partial charge on any atom is 0.137 e. The molecule has 0 heterocycles. The molecule has 0 saturated carbocycles. The van der Waals surface area contributed by atoms with E-state index in [-0.39, 0.29) is 6.10 Å². The molecule has 1 atom stereocenters. The van der Waals surface area contributed by atoms with Crippen molar-refractivity contribution in [2.75, 3.05) is 19.5 Å². The first-order chi connectivity index (χ1) is 7.67. The average Bonchev–Trinajstić information content (AvgIpc) is 2.28. The van der Waals surface area contributed by atoms with E-state index >= 15 is 0 Å². The van der Waals surface area contributed by atoms with Crippen molar-refractivity contribution in [1.29, 1.82) is 5.26 Å². The number of nitrogen functional groups attached to an aromatic ring is 1. The molecule has 4 nitrogen and oxygen atoms in total. The molecule has 0 aliphatic carbocycles. The van der Waals surface area contributed by atoms with Gasteiger partial charge in [0.15, 0.2) is 0 Å². The molecule has 0 aliphatic heterocycles. The fraction of sp³-hybridized carbons (Fsp3) is 0.417. The highest BCUT2D eigenvalue weighted by Gasteiger charge is 2.08. The molecule has 4 heteroatoms. The van der Waals surface area contributed by atoms with E-state index in [4.69, 9.17) is 20.5 Å². The van der Waals surface area contributed by atoms with Gasteiger partial charge in [0.25, 0.3) is 0 Å². The molecule has 0 saturated heterocycles. The minimum atomic E-state index is 0.00988. The second-order valence-electron chi connectivity index (χ2n) is 3.58. The summed E-state index contributed by atoms with van der Waals surface area (Å²) >= 11 is 0. The normalized spacial score (nSPS) is 11.8. The molecular formula is C12H16N2O2. The van der Waals surface area contributed by atoms with Gasteiger partial charge in [0.2, 0.25) is 0 Å². The molecule has 1 unspecified atom stereocenters. The molecule has 0 fully saturated rings. The van der Waals surface area contributed by atoms with E-state index in [1.165, 1.54) is 0 Å². The summed E-state index contributed by atoms with van der Waals surface area (Å²) in [5, 5.41) is 8.92. The Hall–Kier alpha value is -1.73. The van der Waals surface area contributed by atoms with Crippen LogP contribution in [-0.4, -0.2) is 19.8 Å². The second-order valence-corrected chi connectivity index (χ2v) is 3.58. The van der Waals surface area contributed by atoms with Crippen LogP contribution in [0, 0.1) is 11.3 Å². The van der Waals surface area contributed by atoms with Crippen LogP contribution in [0.15, 0.2) is 18.2 Å². The van der Waals surface area contributed by atoms with Crippen LogP contribution in [0.1, 0.15) is 18.9 Å². The van der Waals surface area contributed by atoms with Gasteiger partial charge in [0, 0.05) is 25.8 Å². The van der Waals surface area contributed by atoms with Crippen LogP contribution >= 0.6 is 0 Å². The quantitative estimate of drug-likeness (QED) is 0.770. The van der Waals surface area contributed by atoms with Crippen LogP contribution in [0.3, 0.4) is 0 Å². The number of nitrogens with two attached hydrogens (primary N) is 1. The molecule has 0 spiro atoms. The third-order valence-corrected chi connectivity index (χ3v) is 2.18. The summed E-state index contributed by atoms with van der Waals surface area (Å²) in [6, 6.07) is 7.11. The molecule has 0 bridgehead atoms. The summed E-state index contributed by atoms with van der Waals surface area (Å²) in [7, 11) is 1.65. The Balaban J connectivity index is 2.70. The standard InChI is InChI=1S/C12H16N2O2/c1-9(5-6-15-2)16-12-4-3-11(14)7-10(12)8-13/h3-4,7,9H,5-6,14H2,1-2H3. The van der Waals surface area contributed by atoms with E-state index in [9.17, 15) is 0 Å².